The van der Waals surface area contributed by atoms with Gasteiger partial charge in [0.1, 0.15) is 4.60 Å². The molecule has 26 heavy (non-hydrogen) atoms. The number of likely N-dealkylation sites (tertiary alicyclic amines) is 1. The first-order valence-corrected chi connectivity index (χ1v) is 9.30. The molecular formula is C19H20BrN3O3. The fraction of sp³-hybridized carbons (Fsp3) is 0.368. The van der Waals surface area contributed by atoms with Gasteiger partial charge in [-0.25, -0.2) is 9.78 Å². The predicted molar refractivity (Wildman–Crippen MR) is 102 cm³/mol. The van der Waals surface area contributed by atoms with E-state index in [0.717, 1.165) is 18.7 Å². The van der Waals surface area contributed by atoms with Crippen LogP contribution in [0.2, 0.25) is 0 Å². The highest BCUT2D eigenvalue weighted by Gasteiger charge is 2.59. The Hall–Kier alpha value is -2.28. The van der Waals surface area contributed by atoms with E-state index in [-0.39, 0.29) is 11.5 Å². The molecule has 0 bridgehead atoms. The number of hydrogen-bond donors (Lipinski definition) is 1. The summed E-state index contributed by atoms with van der Waals surface area (Å²) in [4.78, 5) is 19.7. The number of carbonyl (C=O) groups is 1. The van der Waals surface area contributed by atoms with Crippen LogP contribution in [0, 0.1) is 5.41 Å². The van der Waals surface area contributed by atoms with E-state index in [0.29, 0.717) is 23.4 Å². The van der Waals surface area contributed by atoms with Crippen molar-refractivity contribution in [3.63, 3.8) is 0 Å². The van der Waals surface area contributed by atoms with Gasteiger partial charge in [-0.3, -0.25) is 0 Å². The van der Waals surface area contributed by atoms with Gasteiger partial charge in [-0.15, -0.1) is 0 Å². The van der Waals surface area contributed by atoms with E-state index in [1.807, 2.05) is 30.5 Å². The zero-order valence-corrected chi connectivity index (χ0v) is 16.0. The second-order valence-electron chi connectivity index (χ2n) is 7.02. The first-order valence-electron chi connectivity index (χ1n) is 8.50. The molecule has 2 aliphatic heterocycles. The molecule has 2 atom stereocenters. The average molecular weight is 418 g/mol. The Morgan fingerprint density at radius 3 is 2.85 bits per heavy atom. The second-order valence-corrected chi connectivity index (χ2v) is 7.77. The molecule has 0 spiro atoms. The molecule has 7 heteroatoms. The highest BCUT2D eigenvalue weighted by Crippen LogP contribution is 2.48. The maximum atomic E-state index is 11.6. The van der Waals surface area contributed by atoms with Crippen LogP contribution in [0.5, 0.6) is 5.75 Å². The summed E-state index contributed by atoms with van der Waals surface area (Å²) in [5.74, 6) is 0.677. The number of fused-ring (bicyclic) bond motifs is 1. The Balaban J connectivity index is 1.62. The maximum absolute atomic E-state index is 11.6. The average Bonchev–Trinajstić information content (AvgIpc) is 2.91. The van der Waals surface area contributed by atoms with Crippen molar-refractivity contribution in [2.45, 2.75) is 12.5 Å². The summed E-state index contributed by atoms with van der Waals surface area (Å²) in [7, 11) is 1.61. The summed E-state index contributed by atoms with van der Waals surface area (Å²) in [6.07, 6.45) is 1.83. The molecule has 1 aromatic carbocycles. The molecule has 136 valence electrons. The van der Waals surface area contributed by atoms with Gasteiger partial charge < -0.3 is 19.6 Å². The van der Waals surface area contributed by atoms with Gasteiger partial charge in [0.15, 0.2) is 5.75 Å². The monoisotopic (exact) mass is 417 g/mol. The van der Waals surface area contributed by atoms with Gasteiger partial charge in [0.05, 0.1) is 25.0 Å². The van der Waals surface area contributed by atoms with Crippen LogP contribution in [0.1, 0.15) is 5.56 Å². The Bertz CT molecular complexity index is 832. The minimum Gasteiger partial charge on any atom is -0.494 e. The third-order valence-corrected chi connectivity index (χ3v) is 6.08. The van der Waals surface area contributed by atoms with E-state index in [2.05, 4.69) is 37.9 Å². The van der Waals surface area contributed by atoms with Crippen LogP contribution in [0.25, 0.3) is 0 Å². The number of anilines is 1. The van der Waals surface area contributed by atoms with Crippen molar-refractivity contribution in [3.8, 4) is 5.75 Å². The molecular weight excluding hydrogens is 398 g/mol. The first kappa shape index (κ1) is 17.1. The van der Waals surface area contributed by atoms with Gasteiger partial charge in [-0.1, -0.05) is 30.3 Å². The number of hydrogen-bond acceptors (Lipinski definition) is 4. The maximum Gasteiger partial charge on any atom is 0.407 e. The zero-order valence-electron chi connectivity index (χ0n) is 14.4. The van der Waals surface area contributed by atoms with Crippen LogP contribution in [0.15, 0.2) is 47.2 Å². The SMILES string of the molecule is COc1cc(N2C[C@@]3(Cc4ccccc4)CN(C(=O)O)C[C@@H]23)cnc1Br. The number of pyridine rings is 1. The highest BCUT2D eigenvalue weighted by atomic mass is 79.9. The number of ether oxygens (including phenoxy) is 1. The lowest BCUT2D eigenvalue weighted by Gasteiger charge is -2.54. The van der Waals surface area contributed by atoms with Crippen LogP contribution < -0.4 is 9.64 Å². The minimum absolute atomic E-state index is 0.0555. The molecule has 2 aromatic rings. The number of aromatic nitrogens is 1. The summed E-state index contributed by atoms with van der Waals surface area (Å²) < 4.78 is 6.02. The van der Waals surface area contributed by atoms with Crippen LogP contribution >= 0.6 is 15.9 Å². The molecule has 0 unspecified atom stereocenters. The van der Waals surface area contributed by atoms with E-state index in [4.69, 9.17) is 4.74 Å². The molecule has 3 heterocycles. The van der Waals surface area contributed by atoms with Crippen molar-refractivity contribution >= 4 is 27.7 Å². The summed E-state index contributed by atoms with van der Waals surface area (Å²) >= 11 is 3.38. The fourth-order valence-corrected chi connectivity index (χ4v) is 4.62. The molecule has 2 aliphatic rings. The Morgan fingerprint density at radius 2 is 2.15 bits per heavy atom. The number of carboxylic acid groups (broad SMARTS) is 1. The van der Waals surface area contributed by atoms with Crippen molar-refractivity contribution in [1.82, 2.24) is 9.88 Å². The third kappa shape index (κ3) is 2.80. The quantitative estimate of drug-likeness (QED) is 0.773. The predicted octanol–water partition coefficient (Wildman–Crippen LogP) is 3.26. The molecule has 1 amide bonds. The van der Waals surface area contributed by atoms with Crippen LogP contribution in [-0.4, -0.2) is 53.9 Å². The molecule has 1 aromatic heterocycles. The van der Waals surface area contributed by atoms with Crippen molar-refractivity contribution in [2.75, 3.05) is 31.6 Å². The number of rotatable bonds is 4. The summed E-state index contributed by atoms with van der Waals surface area (Å²) in [6, 6.07) is 12.4. The Kier molecular flexibility index (Phi) is 4.26. The van der Waals surface area contributed by atoms with Crippen molar-refractivity contribution in [3.05, 3.63) is 52.8 Å². The molecule has 4 rings (SSSR count). The van der Waals surface area contributed by atoms with Crippen LogP contribution in [0.4, 0.5) is 10.5 Å². The van der Waals surface area contributed by atoms with E-state index in [9.17, 15) is 9.90 Å². The Labute approximate surface area is 160 Å². The first-order chi connectivity index (χ1) is 12.5. The standard InChI is InChI=1S/C19H20BrN3O3/c1-26-15-7-14(9-21-17(15)20)23-12-19(8-13-5-3-2-4-6-13)11-22(18(24)25)10-16(19)23/h2-7,9,16H,8,10-12H2,1H3,(H,24,25)/t16-,19-/m1/s1. The molecule has 6 nitrogen and oxygen atoms in total. The van der Waals surface area contributed by atoms with Crippen molar-refractivity contribution in [1.29, 1.82) is 0 Å². The highest BCUT2D eigenvalue weighted by molar-refractivity contribution is 9.10. The molecule has 2 saturated heterocycles. The summed E-state index contributed by atoms with van der Waals surface area (Å²) in [5.41, 5.74) is 2.15. The number of methoxy groups -OCH3 is 1. The lowest BCUT2D eigenvalue weighted by molar-refractivity contribution is 0.144. The van der Waals surface area contributed by atoms with Gasteiger partial charge in [0.2, 0.25) is 0 Å². The van der Waals surface area contributed by atoms with Crippen molar-refractivity contribution < 1.29 is 14.6 Å². The fourth-order valence-electron chi connectivity index (χ4n) is 4.24. The van der Waals surface area contributed by atoms with E-state index in [1.165, 1.54) is 10.5 Å². The molecule has 1 N–H and O–H groups in total. The van der Waals surface area contributed by atoms with Crippen LogP contribution in [0.3, 0.4) is 0 Å². The molecule has 0 radical (unpaired) electrons. The van der Waals surface area contributed by atoms with Gasteiger partial charge in [-0.2, -0.15) is 0 Å². The van der Waals surface area contributed by atoms with Gasteiger partial charge in [-0.05, 0) is 27.9 Å². The van der Waals surface area contributed by atoms with Crippen LogP contribution in [-0.2, 0) is 6.42 Å². The number of nitrogens with zero attached hydrogens (tertiary/aromatic N) is 3. The molecule has 2 fully saturated rings. The smallest absolute Gasteiger partial charge is 0.407 e. The van der Waals surface area contributed by atoms with Crippen molar-refractivity contribution in [2.24, 2.45) is 5.41 Å². The number of amides is 1. The summed E-state index contributed by atoms with van der Waals surface area (Å²) in [5, 5.41) is 9.50. The number of halogens is 1. The lowest BCUT2D eigenvalue weighted by Crippen LogP contribution is -2.65. The minimum atomic E-state index is -0.849. The number of benzene rings is 1. The zero-order chi connectivity index (χ0) is 18.3. The van der Waals surface area contributed by atoms with Gasteiger partial charge in [0, 0.05) is 31.1 Å². The van der Waals surface area contributed by atoms with E-state index < -0.39 is 6.09 Å². The van der Waals surface area contributed by atoms with Gasteiger partial charge in [0.25, 0.3) is 0 Å². The molecule has 0 saturated carbocycles. The molecule has 0 aliphatic carbocycles. The van der Waals surface area contributed by atoms with E-state index >= 15 is 0 Å². The second kappa shape index (κ2) is 6.46. The van der Waals surface area contributed by atoms with E-state index in [1.54, 1.807) is 7.11 Å². The summed E-state index contributed by atoms with van der Waals surface area (Å²) in [6.45, 7) is 1.89. The lowest BCUT2D eigenvalue weighted by atomic mass is 9.69. The largest absolute Gasteiger partial charge is 0.494 e. The normalized spacial score (nSPS) is 24.2. The Morgan fingerprint density at radius 1 is 1.38 bits per heavy atom. The third-order valence-electron chi connectivity index (χ3n) is 5.48. The topological polar surface area (TPSA) is 65.9 Å². The van der Waals surface area contributed by atoms with Gasteiger partial charge >= 0.3 is 6.09 Å².